The second-order valence-corrected chi connectivity index (χ2v) is 6.40. The number of nitrogens with one attached hydrogen (secondary N) is 1. The summed E-state index contributed by atoms with van der Waals surface area (Å²) in [4.78, 5) is 6.98. The summed E-state index contributed by atoms with van der Waals surface area (Å²) in [7, 11) is 0. The van der Waals surface area contributed by atoms with Crippen molar-refractivity contribution < 1.29 is 0 Å². The third kappa shape index (κ3) is 3.39. The number of nitrogens with zero attached hydrogens (tertiary/aromatic N) is 2. The van der Waals surface area contributed by atoms with Gasteiger partial charge < -0.3 is 5.32 Å². The Bertz CT molecular complexity index is 392. The maximum Gasteiger partial charge on any atom is 0.0543 e. The monoisotopic (exact) mass is 273 g/mol. The van der Waals surface area contributed by atoms with Gasteiger partial charge in [-0.3, -0.25) is 9.88 Å². The van der Waals surface area contributed by atoms with Gasteiger partial charge in [0.15, 0.2) is 0 Å². The van der Waals surface area contributed by atoms with Gasteiger partial charge in [0.2, 0.25) is 0 Å². The Kier molecular flexibility index (Phi) is 4.69. The molecule has 2 fully saturated rings. The number of rotatable bonds is 5. The highest BCUT2D eigenvalue weighted by atomic mass is 15.2. The zero-order valence-corrected chi connectivity index (χ0v) is 12.6. The molecule has 1 N–H and O–H groups in total. The topological polar surface area (TPSA) is 28.2 Å². The molecule has 3 atom stereocenters. The van der Waals surface area contributed by atoms with Gasteiger partial charge in [-0.05, 0) is 43.9 Å². The molecular weight excluding hydrogens is 246 g/mol. The van der Waals surface area contributed by atoms with Crippen molar-refractivity contribution in [3.8, 4) is 0 Å². The van der Waals surface area contributed by atoms with E-state index in [1.165, 1.54) is 44.3 Å². The lowest BCUT2D eigenvalue weighted by Gasteiger charge is -2.25. The Hall–Kier alpha value is -0.930. The van der Waals surface area contributed by atoms with Gasteiger partial charge in [0.05, 0.1) is 5.69 Å². The van der Waals surface area contributed by atoms with Crippen molar-refractivity contribution in [3.05, 3.63) is 30.1 Å². The number of hydrogen-bond acceptors (Lipinski definition) is 3. The van der Waals surface area contributed by atoms with Crippen LogP contribution < -0.4 is 5.32 Å². The standard InChI is InChI=1S/C17H27N3/c1-2-20(12-15-8-5-6-10-18-15)13-16-11-14-7-3-4-9-17(14)19-16/h5-6,8,10,14,16-17,19H,2-4,7,9,11-13H2,1H3. The molecule has 3 unspecified atom stereocenters. The summed E-state index contributed by atoms with van der Waals surface area (Å²) in [5.41, 5.74) is 1.18. The van der Waals surface area contributed by atoms with Gasteiger partial charge in [0, 0.05) is 31.4 Å². The van der Waals surface area contributed by atoms with Gasteiger partial charge in [0.1, 0.15) is 0 Å². The van der Waals surface area contributed by atoms with Gasteiger partial charge in [0.25, 0.3) is 0 Å². The van der Waals surface area contributed by atoms with Crippen LogP contribution in [0.4, 0.5) is 0 Å². The van der Waals surface area contributed by atoms with Crippen LogP contribution in [0.5, 0.6) is 0 Å². The smallest absolute Gasteiger partial charge is 0.0543 e. The average Bonchev–Trinajstić information content (AvgIpc) is 2.90. The molecule has 1 saturated heterocycles. The van der Waals surface area contributed by atoms with Gasteiger partial charge in [-0.1, -0.05) is 25.8 Å². The normalized spacial score (nSPS) is 29.6. The highest BCUT2D eigenvalue weighted by Crippen LogP contribution is 2.33. The molecule has 1 aromatic heterocycles. The highest BCUT2D eigenvalue weighted by Gasteiger charge is 2.35. The third-order valence-corrected chi connectivity index (χ3v) is 4.98. The molecule has 1 aliphatic heterocycles. The van der Waals surface area contributed by atoms with E-state index in [9.17, 15) is 0 Å². The molecule has 1 saturated carbocycles. The quantitative estimate of drug-likeness (QED) is 0.894. The lowest BCUT2D eigenvalue weighted by atomic mass is 9.85. The molecule has 2 aliphatic rings. The Morgan fingerprint density at radius 2 is 2.20 bits per heavy atom. The number of fused-ring (bicyclic) bond motifs is 1. The minimum atomic E-state index is 0.687. The van der Waals surface area contributed by atoms with E-state index in [0.29, 0.717) is 6.04 Å². The van der Waals surface area contributed by atoms with E-state index < -0.39 is 0 Å². The van der Waals surface area contributed by atoms with E-state index >= 15 is 0 Å². The van der Waals surface area contributed by atoms with Crippen molar-refractivity contribution in [3.63, 3.8) is 0 Å². The first kappa shape index (κ1) is 14.0. The molecule has 110 valence electrons. The zero-order valence-electron chi connectivity index (χ0n) is 12.6. The Labute approximate surface area is 122 Å². The lowest BCUT2D eigenvalue weighted by Crippen LogP contribution is -2.40. The van der Waals surface area contributed by atoms with Crippen LogP contribution in [0, 0.1) is 5.92 Å². The van der Waals surface area contributed by atoms with Gasteiger partial charge in [-0.15, -0.1) is 0 Å². The predicted octanol–water partition coefficient (Wildman–Crippen LogP) is 2.82. The zero-order chi connectivity index (χ0) is 13.8. The molecule has 0 amide bonds. The van der Waals surface area contributed by atoms with Crippen molar-refractivity contribution >= 4 is 0 Å². The maximum atomic E-state index is 4.45. The fourth-order valence-electron chi connectivity index (χ4n) is 3.91. The van der Waals surface area contributed by atoms with Gasteiger partial charge >= 0.3 is 0 Å². The van der Waals surface area contributed by atoms with Crippen molar-refractivity contribution in [1.29, 1.82) is 0 Å². The molecule has 0 bridgehead atoms. The van der Waals surface area contributed by atoms with E-state index in [-0.39, 0.29) is 0 Å². The fourth-order valence-corrected chi connectivity index (χ4v) is 3.91. The van der Waals surface area contributed by atoms with Crippen LogP contribution in [0.3, 0.4) is 0 Å². The summed E-state index contributed by atoms with van der Waals surface area (Å²) in [6, 6.07) is 7.69. The van der Waals surface area contributed by atoms with Crippen molar-refractivity contribution in [2.24, 2.45) is 5.92 Å². The van der Waals surface area contributed by atoms with Crippen LogP contribution in [-0.2, 0) is 6.54 Å². The second kappa shape index (κ2) is 6.68. The third-order valence-electron chi connectivity index (χ3n) is 4.98. The number of pyridine rings is 1. The summed E-state index contributed by atoms with van der Waals surface area (Å²) in [6.07, 6.45) is 8.98. The molecule has 1 aliphatic carbocycles. The van der Waals surface area contributed by atoms with Crippen molar-refractivity contribution in [2.75, 3.05) is 13.1 Å². The SMILES string of the molecule is CCN(Cc1ccccn1)CC1CC2CCCCC2N1. The van der Waals surface area contributed by atoms with E-state index in [2.05, 4.69) is 34.3 Å². The molecule has 3 nitrogen and oxygen atoms in total. The van der Waals surface area contributed by atoms with Crippen LogP contribution in [0.15, 0.2) is 24.4 Å². The number of aromatic nitrogens is 1. The van der Waals surface area contributed by atoms with Gasteiger partial charge in [-0.25, -0.2) is 0 Å². The van der Waals surface area contributed by atoms with Gasteiger partial charge in [-0.2, -0.15) is 0 Å². The first-order chi connectivity index (χ1) is 9.85. The molecule has 0 spiro atoms. The van der Waals surface area contributed by atoms with E-state index in [0.717, 1.165) is 25.0 Å². The first-order valence-electron chi connectivity index (χ1n) is 8.23. The predicted molar refractivity (Wildman–Crippen MR) is 82.5 cm³/mol. The van der Waals surface area contributed by atoms with Crippen molar-refractivity contribution in [2.45, 2.75) is 57.7 Å². The summed E-state index contributed by atoms with van der Waals surface area (Å²) in [6.45, 7) is 5.50. The minimum absolute atomic E-state index is 0.687. The molecule has 0 radical (unpaired) electrons. The van der Waals surface area contributed by atoms with Crippen LogP contribution in [0.2, 0.25) is 0 Å². The molecule has 2 heterocycles. The van der Waals surface area contributed by atoms with Crippen LogP contribution in [-0.4, -0.2) is 35.1 Å². The fraction of sp³-hybridized carbons (Fsp3) is 0.706. The van der Waals surface area contributed by atoms with Crippen LogP contribution in [0.1, 0.15) is 44.7 Å². The summed E-state index contributed by atoms with van der Waals surface area (Å²) in [5, 5.41) is 3.88. The number of likely N-dealkylation sites (N-methyl/N-ethyl adjacent to an activating group) is 1. The Morgan fingerprint density at radius 1 is 1.30 bits per heavy atom. The molecule has 3 heteroatoms. The van der Waals surface area contributed by atoms with Crippen molar-refractivity contribution in [1.82, 2.24) is 15.2 Å². The summed E-state index contributed by atoms with van der Waals surface area (Å²) < 4.78 is 0. The molecule has 0 aromatic carbocycles. The van der Waals surface area contributed by atoms with Crippen LogP contribution in [0.25, 0.3) is 0 Å². The van der Waals surface area contributed by atoms with E-state index in [4.69, 9.17) is 0 Å². The second-order valence-electron chi connectivity index (χ2n) is 6.40. The first-order valence-corrected chi connectivity index (χ1v) is 8.23. The summed E-state index contributed by atoms with van der Waals surface area (Å²) >= 11 is 0. The average molecular weight is 273 g/mol. The van der Waals surface area contributed by atoms with E-state index in [1.54, 1.807) is 0 Å². The number of hydrogen-bond donors (Lipinski definition) is 1. The minimum Gasteiger partial charge on any atom is -0.310 e. The lowest BCUT2D eigenvalue weighted by molar-refractivity contribution is 0.247. The molecule has 20 heavy (non-hydrogen) atoms. The maximum absolute atomic E-state index is 4.45. The summed E-state index contributed by atoms with van der Waals surface area (Å²) in [5.74, 6) is 0.947. The Morgan fingerprint density at radius 3 is 2.95 bits per heavy atom. The molecule has 3 rings (SSSR count). The molecule has 1 aromatic rings. The highest BCUT2D eigenvalue weighted by molar-refractivity contribution is 5.03. The van der Waals surface area contributed by atoms with E-state index in [1.807, 2.05) is 12.3 Å². The molecular formula is C17H27N3. The Balaban J connectivity index is 1.53. The largest absolute Gasteiger partial charge is 0.310 e. The van der Waals surface area contributed by atoms with Crippen LogP contribution >= 0.6 is 0 Å².